The lowest BCUT2D eigenvalue weighted by atomic mass is 9.98. The molecule has 1 aliphatic rings. The van der Waals surface area contributed by atoms with E-state index in [-0.39, 0.29) is 5.75 Å². The minimum atomic E-state index is -3.18. The summed E-state index contributed by atoms with van der Waals surface area (Å²) >= 11 is 0. The van der Waals surface area contributed by atoms with Gasteiger partial charge in [0.25, 0.3) is 0 Å². The Bertz CT molecular complexity index is 528. The molecule has 1 aromatic rings. The van der Waals surface area contributed by atoms with Crippen LogP contribution in [0.15, 0.2) is 29.2 Å². The predicted molar refractivity (Wildman–Crippen MR) is 78.2 cm³/mol. The van der Waals surface area contributed by atoms with Gasteiger partial charge < -0.3 is 10.6 Å². The Hall–Kier alpha value is -1.07. The van der Waals surface area contributed by atoms with E-state index in [0.717, 1.165) is 31.6 Å². The lowest BCUT2D eigenvalue weighted by Gasteiger charge is -2.34. The van der Waals surface area contributed by atoms with Crippen molar-refractivity contribution in [3.05, 3.63) is 24.3 Å². The minimum absolute atomic E-state index is 0.137. The van der Waals surface area contributed by atoms with Gasteiger partial charge in [-0.1, -0.05) is 19.1 Å². The highest BCUT2D eigenvalue weighted by molar-refractivity contribution is 7.91. The Morgan fingerprint density at radius 1 is 1.37 bits per heavy atom. The highest BCUT2D eigenvalue weighted by Gasteiger charge is 2.24. The molecule has 1 unspecified atom stereocenters. The Kier molecular flexibility index (Phi) is 4.47. The monoisotopic (exact) mass is 282 g/mol. The third-order valence-electron chi connectivity index (χ3n) is 3.77. The Balaban J connectivity index is 2.35. The Labute approximate surface area is 115 Å². The third kappa shape index (κ3) is 3.09. The van der Waals surface area contributed by atoms with Crippen LogP contribution < -0.4 is 10.6 Å². The van der Waals surface area contributed by atoms with Crippen molar-refractivity contribution >= 4 is 15.5 Å². The molecule has 1 aromatic carbocycles. The van der Waals surface area contributed by atoms with Gasteiger partial charge >= 0.3 is 0 Å². The maximum absolute atomic E-state index is 12.2. The van der Waals surface area contributed by atoms with E-state index in [0.29, 0.717) is 17.4 Å². The smallest absolute Gasteiger partial charge is 0.180 e. The topological polar surface area (TPSA) is 63.4 Å². The van der Waals surface area contributed by atoms with Crippen LogP contribution >= 0.6 is 0 Å². The van der Waals surface area contributed by atoms with Gasteiger partial charge in [-0.3, -0.25) is 0 Å². The van der Waals surface area contributed by atoms with Crippen LogP contribution in [0.4, 0.5) is 5.69 Å². The summed E-state index contributed by atoms with van der Waals surface area (Å²) in [5.41, 5.74) is 6.58. The number of anilines is 1. The lowest BCUT2D eigenvalue weighted by molar-refractivity contribution is 0.422. The molecule has 0 aliphatic carbocycles. The fourth-order valence-electron chi connectivity index (χ4n) is 2.61. The second kappa shape index (κ2) is 5.92. The molecule has 0 saturated carbocycles. The van der Waals surface area contributed by atoms with Crippen LogP contribution in [0, 0.1) is 5.92 Å². The molecule has 0 amide bonds. The van der Waals surface area contributed by atoms with E-state index < -0.39 is 9.84 Å². The molecule has 1 heterocycles. The summed E-state index contributed by atoms with van der Waals surface area (Å²) in [5.74, 6) is 0.601. The number of hydrogen-bond acceptors (Lipinski definition) is 4. The van der Waals surface area contributed by atoms with Gasteiger partial charge in [0.15, 0.2) is 9.84 Å². The maximum atomic E-state index is 12.2. The van der Waals surface area contributed by atoms with Crippen LogP contribution in [0.5, 0.6) is 0 Å². The van der Waals surface area contributed by atoms with E-state index in [2.05, 4.69) is 4.90 Å². The summed E-state index contributed by atoms with van der Waals surface area (Å²) in [6.07, 6.45) is 2.21. The van der Waals surface area contributed by atoms with E-state index in [1.165, 1.54) is 0 Å². The van der Waals surface area contributed by atoms with Gasteiger partial charge in [-0.15, -0.1) is 0 Å². The molecule has 19 heavy (non-hydrogen) atoms. The van der Waals surface area contributed by atoms with E-state index >= 15 is 0 Å². The minimum Gasteiger partial charge on any atom is -0.370 e. The Morgan fingerprint density at radius 3 is 2.79 bits per heavy atom. The first-order valence-electron chi connectivity index (χ1n) is 6.85. The Morgan fingerprint density at radius 2 is 2.11 bits per heavy atom. The molecule has 1 saturated heterocycles. The van der Waals surface area contributed by atoms with E-state index in [9.17, 15) is 8.42 Å². The van der Waals surface area contributed by atoms with Gasteiger partial charge in [-0.2, -0.15) is 0 Å². The highest BCUT2D eigenvalue weighted by atomic mass is 32.2. The first-order chi connectivity index (χ1) is 9.08. The number of piperidine rings is 1. The fourth-order valence-corrected chi connectivity index (χ4v) is 3.73. The van der Waals surface area contributed by atoms with Crippen molar-refractivity contribution in [1.82, 2.24) is 0 Å². The summed E-state index contributed by atoms with van der Waals surface area (Å²) < 4.78 is 24.3. The molecule has 5 heteroatoms. The van der Waals surface area contributed by atoms with Crippen molar-refractivity contribution in [3.8, 4) is 0 Å². The first kappa shape index (κ1) is 14.3. The quantitative estimate of drug-likeness (QED) is 0.912. The van der Waals surface area contributed by atoms with E-state index in [4.69, 9.17) is 5.73 Å². The SMILES string of the molecule is CCS(=O)(=O)c1ccccc1N1CCCC(CN)C1. The van der Waals surface area contributed by atoms with Crippen LogP contribution in [0.3, 0.4) is 0 Å². The molecule has 1 aliphatic heterocycles. The van der Waals surface area contributed by atoms with Crippen molar-refractivity contribution < 1.29 is 8.42 Å². The summed E-state index contributed by atoms with van der Waals surface area (Å²) in [4.78, 5) is 2.62. The number of para-hydroxylation sites is 1. The maximum Gasteiger partial charge on any atom is 0.180 e. The molecule has 2 N–H and O–H groups in total. The lowest BCUT2D eigenvalue weighted by Crippen LogP contribution is -2.39. The number of rotatable bonds is 4. The van der Waals surface area contributed by atoms with Crippen molar-refractivity contribution in [2.24, 2.45) is 11.7 Å². The molecular formula is C14H22N2O2S. The molecule has 0 spiro atoms. The van der Waals surface area contributed by atoms with Gasteiger partial charge in [0.05, 0.1) is 16.3 Å². The number of hydrogen-bond donors (Lipinski definition) is 1. The number of nitrogens with two attached hydrogens (primary N) is 1. The van der Waals surface area contributed by atoms with Gasteiger partial charge in [0, 0.05) is 13.1 Å². The average Bonchev–Trinajstić information content (AvgIpc) is 2.47. The second-order valence-corrected chi connectivity index (χ2v) is 7.31. The molecule has 1 atom stereocenters. The molecule has 4 nitrogen and oxygen atoms in total. The molecule has 0 aromatic heterocycles. The van der Waals surface area contributed by atoms with Crippen LogP contribution in [-0.4, -0.2) is 33.8 Å². The third-order valence-corrected chi connectivity index (χ3v) is 5.55. The zero-order valence-electron chi connectivity index (χ0n) is 11.4. The van der Waals surface area contributed by atoms with Crippen molar-refractivity contribution in [3.63, 3.8) is 0 Å². The molecule has 1 fully saturated rings. The molecule has 106 valence electrons. The standard InChI is InChI=1S/C14H22N2O2S/c1-2-19(17,18)14-8-4-3-7-13(14)16-9-5-6-12(10-15)11-16/h3-4,7-8,12H,2,5-6,9-11,15H2,1H3. The fraction of sp³-hybridized carbons (Fsp3) is 0.571. The van der Waals surface area contributed by atoms with Gasteiger partial charge in [-0.05, 0) is 37.4 Å². The molecule has 0 radical (unpaired) electrons. The summed E-state index contributed by atoms with van der Waals surface area (Å²) in [7, 11) is -3.18. The van der Waals surface area contributed by atoms with Crippen molar-refractivity contribution in [2.45, 2.75) is 24.7 Å². The number of sulfone groups is 1. The number of benzene rings is 1. The normalized spacial score (nSPS) is 20.5. The summed E-state index contributed by atoms with van der Waals surface area (Å²) in [5, 5.41) is 0. The van der Waals surface area contributed by atoms with Crippen LogP contribution in [0.1, 0.15) is 19.8 Å². The van der Waals surface area contributed by atoms with Crippen molar-refractivity contribution in [1.29, 1.82) is 0 Å². The zero-order chi connectivity index (χ0) is 13.9. The zero-order valence-corrected chi connectivity index (χ0v) is 12.2. The summed E-state index contributed by atoms with van der Waals surface area (Å²) in [6, 6.07) is 7.30. The largest absolute Gasteiger partial charge is 0.370 e. The first-order valence-corrected chi connectivity index (χ1v) is 8.50. The summed E-state index contributed by atoms with van der Waals surface area (Å²) in [6.45, 7) is 4.11. The van der Waals surface area contributed by atoms with Gasteiger partial charge in [0.2, 0.25) is 0 Å². The molecular weight excluding hydrogens is 260 g/mol. The van der Waals surface area contributed by atoms with Crippen molar-refractivity contribution in [2.75, 3.05) is 30.3 Å². The highest BCUT2D eigenvalue weighted by Crippen LogP contribution is 2.29. The predicted octanol–water partition coefficient (Wildman–Crippen LogP) is 1.66. The number of nitrogens with zero attached hydrogens (tertiary/aromatic N) is 1. The van der Waals surface area contributed by atoms with Crippen LogP contribution in [0.2, 0.25) is 0 Å². The molecule has 2 rings (SSSR count). The molecule has 0 bridgehead atoms. The van der Waals surface area contributed by atoms with Gasteiger partial charge in [0.1, 0.15) is 0 Å². The van der Waals surface area contributed by atoms with Crippen LogP contribution in [0.25, 0.3) is 0 Å². The van der Waals surface area contributed by atoms with E-state index in [1.807, 2.05) is 12.1 Å². The van der Waals surface area contributed by atoms with Gasteiger partial charge in [-0.25, -0.2) is 8.42 Å². The average molecular weight is 282 g/mol. The van der Waals surface area contributed by atoms with Crippen LogP contribution in [-0.2, 0) is 9.84 Å². The van der Waals surface area contributed by atoms with E-state index in [1.54, 1.807) is 19.1 Å². The second-order valence-electron chi connectivity index (χ2n) is 5.06.